The monoisotopic (exact) mass is 822 g/mol. The number of hydrogen-bond donors (Lipinski definition) is 1. The summed E-state index contributed by atoms with van der Waals surface area (Å²) in [5, 5.41) is 22.4. The van der Waals surface area contributed by atoms with Crippen molar-refractivity contribution in [1.29, 1.82) is 5.26 Å². The second kappa shape index (κ2) is 14.6. The summed E-state index contributed by atoms with van der Waals surface area (Å²) in [6, 6.07) is 18.2. The fourth-order valence-electron chi connectivity index (χ4n) is 11.1. The van der Waals surface area contributed by atoms with Gasteiger partial charge in [-0.05, 0) is 105 Å². The summed E-state index contributed by atoms with van der Waals surface area (Å²) in [4.78, 5) is 44.0. The lowest BCUT2D eigenvalue weighted by molar-refractivity contribution is 0.0634. The highest BCUT2D eigenvalue weighted by molar-refractivity contribution is 6.01. The Morgan fingerprint density at radius 1 is 0.758 bits per heavy atom. The Balaban J connectivity index is 0.854. The van der Waals surface area contributed by atoms with Crippen LogP contribution in [0.15, 0.2) is 79.5 Å². The minimum atomic E-state index is -0.0855. The molecule has 0 radical (unpaired) electrons. The number of fused-ring (bicyclic) bond motifs is 2. The zero-order chi connectivity index (χ0) is 42.3. The number of nitrogens with zero attached hydrogens (tertiary/aromatic N) is 9. The summed E-state index contributed by atoms with van der Waals surface area (Å²) in [6.07, 6.45) is 19.8. The molecule has 1 N–H and O–H groups in total. The van der Waals surface area contributed by atoms with Gasteiger partial charge in [0, 0.05) is 88.9 Å². The van der Waals surface area contributed by atoms with Gasteiger partial charge >= 0.3 is 0 Å². The first-order valence-corrected chi connectivity index (χ1v) is 22.2. The van der Waals surface area contributed by atoms with E-state index in [-0.39, 0.29) is 40.6 Å². The molecule has 5 aliphatic rings. The van der Waals surface area contributed by atoms with Crippen molar-refractivity contribution >= 4 is 11.8 Å². The van der Waals surface area contributed by atoms with Gasteiger partial charge in [0.25, 0.3) is 11.8 Å². The van der Waals surface area contributed by atoms with Crippen LogP contribution in [0.5, 0.6) is 0 Å². The van der Waals surface area contributed by atoms with E-state index in [0.717, 1.165) is 101 Å². The average molecular weight is 823 g/mol. The number of amides is 2. The summed E-state index contributed by atoms with van der Waals surface area (Å²) in [6.45, 7) is 8.86. The highest BCUT2D eigenvalue weighted by atomic mass is 16.2. The Hall–Kier alpha value is -6.48. The van der Waals surface area contributed by atoms with Crippen LogP contribution in [0.4, 0.5) is 0 Å². The zero-order valence-corrected chi connectivity index (χ0v) is 35.6. The van der Waals surface area contributed by atoms with E-state index in [1.54, 1.807) is 6.07 Å². The third kappa shape index (κ3) is 6.78. The number of aryl methyl sites for hydroxylation is 1. The fourth-order valence-corrected chi connectivity index (χ4v) is 11.1. The lowest BCUT2D eigenvalue weighted by Gasteiger charge is -2.31. The molecule has 2 amide bonds. The van der Waals surface area contributed by atoms with Crippen molar-refractivity contribution in [3.05, 3.63) is 113 Å². The minimum absolute atomic E-state index is 0.0349. The third-order valence-corrected chi connectivity index (χ3v) is 14.4. The number of pyridine rings is 3. The number of nitriles is 1. The molecule has 62 heavy (non-hydrogen) atoms. The van der Waals surface area contributed by atoms with Gasteiger partial charge in [0.05, 0.1) is 41.1 Å². The van der Waals surface area contributed by atoms with Gasteiger partial charge in [-0.15, -0.1) is 0 Å². The molecule has 0 bridgehead atoms. The quantitative estimate of drug-likeness (QED) is 0.144. The number of aromatic nitrogens is 7. The largest absolute Gasteiger partial charge is 0.348 e. The number of carbonyl (C=O) groups is 2. The number of nitrogens with one attached hydrogen (secondary N) is 1. The van der Waals surface area contributed by atoms with Crippen LogP contribution < -0.4 is 5.32 Å². The molecule has 12 heteroatoms. The van der Waals surface area contributed by atoms with Crippen molar-refractivity contribution in [2.24, 2.45) is 16.7 Å². The second-order valence-corrected chi connectivity index (χ2v) is 19.3. The van der Waals surface area contributed by atoms with Gasteiger partial charge < -0.3 is 10.2 Å². The lowest BCUT2D eigenvalue weighted by Crippen LogP contribution is -2.34. The molecular weight excluding hydrogens is 773 g/mol. The lowest BCUT2D eigenvalue weighted by atomic mass is 9.85. The molecule has 6 aromatic rings. The maximum atomic E-state index is 14.5. The van der Waals surface area contributed by atoms with Crippen LogP contribution in [0.1, 0.15) is 121 Å². The second-order valence-electron chi connectivity index (χ2n) is 19.3. The molecule has 3 aliphatic carbocycles. The van der Waals surface area contributed by atoms with Crippen LogP contribution in [0, 0.1) is 35.0 Å². The van der Waals surface area contributed by atoms with Gasteiger partial charge in [0.1, 0.15) is 11.8 Å². The number of rotatable bonds is 10. The summed E-state index contributed by atoms with van der Waals surface area (Å²) in [5.74, 6) is 0.261. The standard InChI is InChI=1S/C50H50N10O2/c1-30-6-12-39(43(56-30)31-7-8-33-22-53-47(61)41(33)18-31)35-24-55-59(27-35)29-50(3)17-14-32(20-50)46-45-42(48(62)60(46)38-10-11-38)19-34(23-52-45)44-40(13-9-37(21-51)57-44)36-25-54-58(26-36)28-49(2)15-4-5-16-49/h6-9,12-13,18-19,23-27,32,38,46H,4-5,10-11,14-17,20,22,28-29H2,1-3H3,(H,53,61). The van der Waals surface area contributed by atoms with Crippen molar-refractivity contribution < 1.29 is 9.59 Å². The first kappa shape index (κ1) is 38.4. The van der Waals surface area contributed by atoms with Gasteiger partial charge in [-0.2, -0.15) is 15.5 Å². The molecule has 3 saturated carbocycles. The summed E-state index contributed by atoms with van der Waals surface area (Å²) in [7, 11) is 0. The molecule has 11 rings (SSSR count). The van der Waals surface area contributed by atoms with Crippen LogP contribution >= 0.6 is 0 Å². The van der Waals surface area contributed by atoms with Crippen molar-refractivity contribution in [3.8, 4) is 50.8 Å². The van der Waals surface area contributed by atoms with E-state index in [9.17, 15) is 14.9 Å². The van der Waals surface area contributed by atoms with E-state index in [2.05, 4.69) is 59.3 Å². The fraction of sp³-hybridized carbons (Fsp3) is 0.400. The van der Waals surface area contributed by atoms with E-state index in [1.807, 2.05) is 60.5 Å². The molecule has 3 fully saturated rings. The summed E-state index contributed by atoms with van der Waals surface area (Å²) < 4.78 is 4.11. The zero-order valence-electron chi connectivity index (χ0n) is 35.6. The highest BCUT2D eigenvalue weighted by Crippen LogP contribution is 2.54. The highest BCUT2D eigenvalue weighted by Gasteiger charge is 2.51. The topological polar surface area (TPSA) is 148 Å². The maximum absolute atomic E-state index is 14.5. The molecule has 1 aromatic carbocycles. The van der Waals surface area contributed by atoms with Gasteiger partial charge in [0.15, 0.2) is 0 Å². The van der Waals surface area contributed by atoms with Gasteiger partial charge in [-0.3, -0.25) is 28.9 Å². The first-order valence-electron chi connectivity index (χ1n) is 22.2. The normalized spacial score (nSPS) is 22.5. The molecular formula is C50H50N10O2. The van der Waals surface area contributed by atoms with Gasteiger partial charge in [-0.25, -0.2) is 4.98 Å². The first-order chi connectivity index (χ1) is 30.0. The van der Waals surface area contributed by atoms with Gasteiger partial charge in [-0.1, -0.05) is 44.9 Å². The maximum Gasteiger partial charge on any atom is 0.256 e. The Morgan fingerprint density at radius 2 is 1.45 bits per heavy atom. The molecule has 12 nitrogen and oxygen atoms in total. The third-order valence-electron chi connectivity index (χ3n) is 14.4. The predicted octanol–water partition coefficient (Wildman–Crippen LogP) is 9.10. The van der Waals surface area contributed by atoms with Crippen LogP contribution in [0.25, 0.3) is 44.8 Å². The predicted molar refractivity (Wildman–Crippen MR) is 234 cm³/mol. The average Bonchev–Trinajstić information content (AvgIpc) is 3.83. The molecule has 0 spiro atoms. The molecule has 7 heterocycles. The molecule has 312 valence electrons. The van der Waals surface area contributed by atoms with Gasteiger partial charge in [0.2, 0.25) is 0 Å². The van der Waals surface area contributed by atoms with Crippen molar-refractivity contribution in [2.75, 3.05) is 0 Å². The molecule has 0 saturated heterocycles. The Kier molecular flexibility index (Phi) is 9.04. The van der Waals surface area contributed by atoms with Crippen molar-refractivity contribution in [3.63, 3.8) is 0 Å². The number of benzene rings is 1. The van der Waals surface area contributed by atoms with Crippen LogP contribution in [-0.2, 0) is 19.6 Å². The van der Waals surface area contributed by atoms with E-state index < -0.39 is 0 Å². The van der Waals surface area contributed by atoms with Crippen LogP contribution in [0.3, 0.4) is 0 Å². The summed E-state index contributed by atoms with van der Waals surface area (Å²) in [5.41, 5.74) is 11.5. The molecule has 3 unspecified atom stereocenters. The Labute approximate surface area is 361 Å². The minimum Gasteiger partial charge on any atom is -0.348 e. The van der Waals surface area contributed by atoms with Crippen LogP contribution in [0.2, 0.25) is 0 Å². The van der Waals surface area contributed by atoms with E-state index >= 15 is 0 Å². The Morgan fingerprint density at radius 3 is 2.18 bits per heavy atom. The van der Waals surface area contributed by atoms with E-state index in [0.29, 0.717) is 29.1 Å². The SMILES string of the molecule is Cc1ccc(-c2cnn(CC3(C)CCC(C4c5ncc(-c6nc(C#N)ccc6-c6cnn(CC7(C)CCCC7)c6)cc5C(=O)N4C4CC4)C3)c2)c(-c2ccc3c(c2)C(=O)NC3)n1. The molecule has 5 aromatic heterocycles. The summed E-state index contributed by atoms with van der Waals surface area (Å²) >= 11 is 0. The smallest absolute Gasteiger partial charge is 0.256 e. The number of hydrogen-bond acceptors (Lipinski definition) is 8. The van der Waals surface area contributed by atoms with Crippen molar-refractivity contribution in [2.45, 2.75) is 110 Å². The molecule has 2 aliphatic heterocycles. The van der Waals surface area contributed by atoms with Crippen molar-refractivity contribution in [1.82, 2.24) is 44.7 Å². The van der Waals surface area contributed by atoms with Crippen LogP contribution in [-0.4, -0.2) is 57.3 Å². The number of carbonyl (C=O) groups excluding carboxylic acids is 2. The van der Waals surface area contributed by atoms with E-state index in [1.165, 1.54) is 25.7 Å². The molecule has 3 atom stereocenters. The Bertz CT molecular complexity index is 2840. The van der Waals surface area contributed by atoms with E-state index in [4.69, 9.17) is 25.1 Å².